The molecule has 0 saturated carbocycles. The quantitative estimate of drug-likeness (QED) is 0.694. The van der Waals surface area contributed by atoms with Gasteiger partial charge in [0.2, 0.25) is 0 Å². The fourth-order valence-electron chi connectivity index (χ4n) is 2.33. The van der Waals surface area contributed by atoms with Crippen LogP contribution in [0.1, 0.15) is 5.56 Å². The fourth-order valence-corrected chi connectivity index (χ4v) is 3.35. The van der Waals surface area contributed by atoms with Gasteiger partial charge in [0.1, 0.15) is 0 Å². The van der Waals surface area contributed by atoms with E-state index >= 15 is 0 Å². The molecule has 1 fully saturated rings. The molecular weight excluding hydrogens is 404 g/mol. The first-order valence-electron chi connectivity index (χ1n) is 8.02. The molecule has 9 heteroatoms. The molecule has 0 bridgehead atoms. The van der Waals surface area contributed by atoms with Gasteiger partial charge in [0.25, 0.3) is 5.91 Å². The van der Waals surface area contributed by atoms with Gasteiger partial charge in [0.15, 0.2) is 23.3 Å². The maximum Gasteiger partial charge on any atom is 0.341 e. The van der Waals surface area contributed by atoms with E-state index in [1.54, 1.807) is 48.5 Å². The number of hydrogen-bond acceptors (Lipinski definition) is 6. The van der Waals surface area contributed by atoms with Gasteiger partial charge < -0.3 is 19.9 Å². The van der Waals surface area contributed by atoms with Crippen molar-refractivity contribution in [2.24, 2.45) is 4.99 Å². The molecule has 0 aromatic heterocycles. The van der Waals surface area contributed by atoms with Crippen LogP contribution in [0.15, 0.2) is 52.4 Å². The molecule has 1 aliphatic heterocycles. The van der Waals surface area contributed by atoms with Gasteiger partial charge in [0, 0.05) is 5.02 Å². The highest BCUT2D eigenvalue weighted by atomic mass is 35.5. The number of halogens is 1. The highest BCUT2D eigenvalue weighted by Crippen LogP contribution is 2.32. The Kier molecular flexibility index (Phi) is 6.23. The summed E-state index contributed by atoms with van der Waals surface area (Å²) in [5, 5.41) is 12.4. The molecule has 28 heavy (non-hydrogen) atoms. The van der Waals surface area contributed by atoms with E-state index in [9.17, 15) is 9.59 Å². The minimum absolute atomic E-state index is 0.268. The number of benzene rings is 2. The molecule has 3 rings (SSSR count). The third kappa shape index (κ3) is 5.05. The zero-order chi connectivity index (χ0) is 20.1. The van der Waals surface area contributed by atoms with Gasteiger partial charge in [-0.15, -0.1) is 0 Å². The molecule has 0 aliphatic carbocycles. The highest BCUT2D eigenvalue weighted by Gasteiger charge is 2.24. The number of carbonyl (C=O) groups is 2. The highest BCUT2D eigenvalue weighted by molar-refractivity contribution is 8.18. The Hall–Kier alpha value is -2.97. The van der Waals surface area contributed by atoms with Crippen LogP contribution in [0, 0.1) is 0 Å². The average molecular weight is 419 g/mol. The molecule has 2 aromatic carbocycles. The van der Waals surface area contributed by atoms with Crippen molar-refractivity contribution < 1.29 is 24.2 Å². The SMILES string of the molecule is COc1cc(/C=C2/SC(=Nc3cccc(Cl)c3)NC2=O)ccc1OCC(=O)O. The number of amidine groups is 1. The van der Waals surface area contributed by atoms with Crippen LogP contribution in [0.3, 0.4) is 0 Å². The van der Waals surface area contributed by atoms with Crippen molar-refractivity contribution in [1.82, 2.24) is 5.32 Å². The first kappa shape index (κ1) is 19.8. The zero-order valence-corrected chi connectivity index (χ0v) is 16.2. The van der Waals surface area contributed by atoms with Crippen molar-refractivity contribution in [2.45, 2.75) is 0 Å². The summed E-state index contributed by atoms with van der Waals surface area (Å²) in [5.74, 6) is -0.680. The number of rotatable bonds is 6. The van der Waals surface area contributed by atoms with Crippen LogP contribution < -0.4 is 14.8 Å². The van der Waals surface area contributed by atoms with Gasteiger partial charge >= 0.3 is 5.97 Å². The lowest BCUT2D eigenvalue weighted by Gasteiger charge is -2.09. The van der Waals surface area contributed by atoms with Crippen LogP contribution >= 0.6 is 23.4 Å². The van der Waals surface area contributed by atoms with E-state index < -0.39 is 12.6 Å². The molecule has 2 aromatic rings. The predicted molar refractivity (Wildman–Crippen MR) is 108 cm³/mol. The average Bonchev–Trinajstić information content (AvgIpc) is 2.99. The maximum atomic E-state index is 12.2. The van der Waals surface area contributed by atoms with Crippen LogP contribution in [0.5, 0.6) is 11.5 Å². The molecule has 7 nitrogen and oxygen atoms in total. The number of aliphatic imine (C=N–C) groups is 1. The van der Waals surface area contributed by atoms with Crippen molar-refractivity contribution in [3.8, 4) is 11.5 Å². The van der Waals surface area contributed by atoms with Crippen LogP contribution in [-0.2, 0) is 9.59 Å². The maximum absolute atomic E-state index is 12.2. The fraction of sp³-hybridized carbons (Fsp3) is 0.105. The number of aliphatic carboxylic acids is 1. The minimum atomic E-state index is -1.08. The number of nitrogens with zero attached hydrogens (tertiary/aromatic N) is 1. The predicted octanol–water partition coefficient (Wildman–Crippen LogP) is 3.70. The summed E-state index contributed by atoms with van der Waals surface area (Å²) < 4.78 is 10.4. The summed E-state index contributed by atoms with van der Waals surface area (Å²) in [6.45, 7) is -0.474. The number of nitrogens with one attached hydrogen (secondary N) is 1. The molecule has 1 aliphatic rings. The molecule has 1 heterocycles. The summed E-state index contributed by atoms with van der Waals surface area (Å²) in [6, 6.07) is 12.0. The summed E-state index contributed by atoms with van der Waals surface area (Å²) in [7, 11) is 1.45. The monoisotopic (exact) mass is 418 g/mol. The van der Waals surface area contributed by atoms with E-state index in [1.165, 1.54) is 18.9 Å². The minimum Gasteiger partial charge on any atom is -0.493 e. The lowest BCUT2D eigenvalue weighted by atomic mass is 10.2. The topological polar surface area (TPSA) is 97.2 Å². The van der Waals surface area contributed by atoms with Gasteiger partial charge in [0.05, 0.1) is 17.7 Å². The van der Waals surface area contributed by atoms with E-state index in [-0.39, 0.29) is 5.91 Å². The van der Waals surface area contributed by atoms with Crippen LogP contribution in [0.4, 0.5) is 5.69 Å². The number of amides is 1. The molecule has 0 spiro atoms. The van der Waals surface area contributed by atoms with Gasteiger partial charge in [-0.25, -0.2) is 9.79 Å². The zero-order valence-electron chi connectivity index (χ0n) is 14.6. The van der Waals surface area contributed by atoms with Crippen molar-refractivity contribution in [3.05, 3.63) is 58.0 Å². The van der Waals surface area contributed by atoms with Crippen LogP contribution in [0.2, 0.25) is 5.02 Å². The van der Waals surface area contributed by atoms with Crippen molar-refractivity contribution in [2.75, 3.05) is 13.7 Å². The second-order valence-electron chi connectivity index (χ2n) is 5.55. The third-order valence-corrected chi connectivity index (χ3v) is 4.67. The summed E-state index contributed by atoms with van der Waals surface area (Å²) in [5.41, 5.74) is 1.33. The second-order valence-corrected chi connectivity index (χ2v) is 7.02. The van der Waals surface area contributed by atoms with Gasteiger partial charge in [-0.1, -0.05) is 23.7 Å². The Bertz CT molecular complexity index is 990. The number of carbonyl (C=O) groups excluding carboxylic acids is 1. The Morgan fingerprint density at radius 2 is 2.11 bits per heavy atom. The molecule has 0 atom stereocenters. The Balaban J connectivity index is 1.79. The molecule has 0 unspecified atom stereocenters. The van der Waals surface area contributed by atoms with Crippen LogP contribution in [-0.4, -0.2) is 35.9 Å². The lowest BCUT2D eigenvalue weighted by Crippen LogP contribution is -2.19. The smallest absolute Gasteiger partial charge is 0.341 e. The van der Waals surface area contributed by atoms with Gasteiger partial charge in [-0.05, 0) is 53.7 Å². The molecule has 0 radical (unpaired) electrons. The van der Waals surface area contributed by atoms with Crippen molar-refractivity contribution in [3.63, 3.8) is 0 Å². The van der Waals surface area contributed by atoms with Gasteiger partial charge in [-0.2, -0.15) is 0 Å². The second kappa shape index (κ2) is 8.81. The molecule has 1 amide bonds. The van der Waals surface area contributed by atoms with Crippen LogP contribution in [0.25, 0.3) is 6.08 Å². The summed E-state index contributed by atoms with van der Waals surface area (Å²) >= 11 is 7.15. The number of carboxylic acids is 1. The number of hydrogen-bond donors (Lipinski definition) is 2. The number of carboxylic acid groups (broad SMARTS) is 1. The third-order valence-electron chi connectivity index (χ3n) is 3.53. The Labute approximate surface area is 170 Å². The van der Waals surface area contributed by atoms with E-state index in [0.717, 1.165) is 0 Å². The normalized spacial score (nSPS) is 16.3. The summed E-state index contributed by atoms with van der Waals surface area (Å²) in [4.78, 5) is 27.7. The Morgan fingerprint density at radius 3 is 2.82 bits per heavy atom. The molecular formula is C19H15ClN2O5S. The first-order chi connectivity index (χ1) is 13.4. The number of thioether (sulfide) groups is 1. The molecule has 144 valence electrons. The van der Waals surface area contributed by atoms with Gasteiger partial charge in [-0.3, -0.25) is 4.79 Å². The first-order valence-corrected chi connectivity index (χ1v) is 9.22. The molecule has 1 saturated heterocycles. The number of methoxy groups -OCH3 is 1. The summed E-state index contributed by atoms with van der Waals surface area (Å²) in [6.07, 6.45) is 1.68. The Morgan fingerprint density at radius 1 is 1.29 bits per heavy atom. The number of ether oxygens (including phenoxy) is 2. The van der Waals surface area contributed by atoms with E-state index in [2.05, 4.69) is 10.3 Å². The molecule has 2 N–H and O–H groups in total. The largest absolute Gasteiger partial charge is 0.493 e. The van der Waals surface area contributed by atoms with E-state index in [0.29, 0.717) is 37.8 Å². The van der Waals surface area contributed by atoms with Crippen molar-refractivity contribution >= 4 is 52.2 Å². The van der Waals surface area contributed by atoms with E-state index in [1.807, 2.05) is 0 Å². The standard InChI is InChI=1S/C19H15ClN2O5S/c1-26-15-7-11(5-6-14(15)27-10-17(23)24)8-16-18(25)22-19(28-16)21-13-4-2-3-12(20)9-13/h2-9H,10H2,1H3,(H,23,24)(H,21,22,25)/b16-8+. The van der Waals surface area contributed by atoms with E-state index in [4.69, 9.17) is 26.2 Å². The van der Waals surface area contributed by atoms with Crippen molar-refractivity contribution in [1.29, 1.82) is 0 Å². The lowest BCUT2D eigenvalue weighted by molar-refractivity contribution is -0.139.